The van der Waals surface area contributed by atoms with Crippen molar-refractivity contribution in [2.75, 3.05) is 26.2 Å². The number of halogens is 3. The Bertz CT molecular complexity index is 1350. The highest BCUT2D eigenvalue weighted by Crippen LogP contribution is 2.30. The number of fused-ring (bicyclic) bond motifs is 1. The zero-order valence-electron chi connectivity index (χ0n) is 25.6. The second-order valence-electron chi connectivity index (χ2n) is 11.5. The van der Waals surface area contributed by atoms with E-state index in [2.05, 4.69) is 26.3 Å². The number of aliphatic imine (C=N–C) groups is 1. The molecule has 11 nitrogen and oxygen atoms in total. The van der Waals surface area contributed by atoms with Gasteiger partial charge in [0.25, 0.3) is 0 Å². The Morgan fingerprint density at radius 1 is 1.00 bits per heavy atom. The Morgan fingerprint density at radius 3 is 2.42 bits per heavy atom. The van der Waals surface area contributed by atoms with Crippen molar-refractivity contribution in [3.63, 3.8) is 0 Å². The van der Waals surface area contributed by atoms with E-state index in [1.165, 1.54) is 12.1 Å². The van der Waals surface area contributed by atoms with Gasteiger partial charge in [-0.2, -0.15) is 13.2 Å². The van der Waals surface area contributed by atoms with E-state index in [0.29, 0.717) is 18.7 Å². The van der Waals surface area contributed by atoms with Gasteiger partial charge in [-0.15, -0.1) is 0 Å². The SMILES string of the molecule is CC(C)[C@H]1NC(=O)[C@@H](Cc2cccc(C(F)(F)F)c2)NCCOc2ccccc2C[C@@H](C)CNC(=O)[C@H](CN=C(N)N)NC1=O. The number of nitrogens with one attached hydrogen (secondary N) is 4. The van der Waals surface area contributed by atoms with Crippen molar-refractivity contribution >= 4 is 23.7 Å². The molecule has 1 aliphatic rings. The molecule has 2 aromatic carbocycles. The molecule has 0 bridgehead atoms. The van der Waals surface area contributed by atoms with Crippen LogP contribution in [0.4, 0.5) is 13.2 Å². The van der Waals surface area contributed by atoms with Crippen molar-refractivity contribution in [1.82, 2.24) is 21.3 Å². The minimum Gasteiger partial charge on any atom is -0.492 e. The molecular weight excluding hydrogens is 591 g/mol. The van der Waals surface area contributed by atoms with Crippen LogP contribution in [0.2, 0.25) is 0 Å². The number of nitrogens with zero attached hydrogens (tertiary/aromatic N) is 1. The third-order valence-electron chi connectivity index (χ3n) is 7.26. The second kappa shape index (κ2) is 16.1. The first-order valence-corrected chi connectivity index (χ1v) is 14.8. The summed E-state index contributed by atoms with van der Waals surface area (Å²) >= 11 is 0. The molecule has 8 N–H and O–H groups in total. The van der Waals surface area contributed by atoms with Gasteiger partial charge in [0, 0.05) is 13.1 Å². The summed E-state index contributed by atoms with van der Waals surface area (Å²) in [4.78, 5) is 44.1. The largest absolute Gasteiger partial charge is 0.492 e. The van der Waals surface area contributed by atoms with Crippen molar-refractivity contribution in [3.8, 4) is 5.75 Å². The van der Waals surface area contributed by atoms with Gasteiger partial charge in [0.05, 0.1) is 18.2 Å². The topological polar surface area (TPSA) is 173 Å². The molecule has 1 aliphatic heterocycles. The summed E-state index contributed by atoms with van der Waals surface area (Å²) < 4.78 is 46.2. The lowest BCUT2D eigenvalue weighted by molar-refractivity contribution is -0.137. The first-order valence-electron chi connectivity index (χ1n) is 14.8. The van der Waals surface area contributed by atoms with E-state index >= 15 is 0 Å². The van der Waals surface area contributed by atoms with Crippen molar-refractivity contribution in [3.05, 3.63) is 65.2 Å². The molecule has 14 heteroatoms. The average Bonchev–Trinajstić information content (AvgIpc) is 2.97. The van der Waals surface area contributed by atoms with E-state index < -0.39 is 53.5 Å². The van der Waals surface area contributed by atoms with Gasteiger partial charge in [0.2, 0.25) is 17.7 Å². The average molecular weight is 634 g/mol. The Balaban J connectivity index is 1.94. The number of alkyl halides is 3. The lowest BCUT2D eigenvalue weighted by atomic mass is 9.99. The van der Waals surface area contributed by atoms with Crippen molar-refractivity contribution in [1.29, 1.82) is 0 Å². The highest BCUT2D eigenvalue weighted by atomic mass is 19.4. The fraction of sp³-hybridized carbons (Fsp3) is 0.484. The summed E-state index contributed by atoms with van der Waals surface area (Å²) in [6.07, 6.45) is -4.07. The number of amides is 3. The second-order valence-corrected chi connectivity index (χ2v) is 11.5. The van der Waals surface area contributed by atoms with Gasteiger partial charge in [-0.3, -0.25) is 19.4 Å². The summed E-state index contributed by atoms with van der Waals surface area (Å²) in [7, 11) is 0. The molecule has 0 saturated heterocycles. The van der Waals surface area contributed by atoms with E-state index in [0.717, 1.165) is 17.7 Å². The van der Waals surface area contributed by atoms with Crippen molar-refractivity contribution < 1.29 is 32.3 Å². The Kier molecular flexibility index (Phi) is 12.6. The molecule has 0 fully saturated rings. The summed E-state index contributed by atoms with van der Waals surface area (Å²) in [6.45, 7) is 5.80. The molecule has 2 aromatic rings. The minimum absolute atomic E-state index is 0.00492. The van der Waals surface area contributed by atoms with Crippen molar-refractivity contribution in [2.45, 2.75) is 57.9 Å². The molecule has 0 aliphatic carbocycles. The number of hydrogen-bond donors (Lipinski definition) is 6. The van der Waals surface area contributed by atoms with E-state index in [-0.39, 0.29) is 43.6 Å². The van der Waals surface area contributed by atoms with Crippen LogP contribution in [0.25, 0.3) is 0 Å². The quantitative estimate of drug-likeness (QED) is 0.214. The molecule has 0 saturated carbocycles. The van der Waals surface area contributed by atoms with E-state index in [1.807, 2.05) is 31.2 Å². The number of hydrogen-bond acceptors (Lipinski definition) is 6. The molecule has 4 atom stereocenters. The third kappa shape index (κ3) is 11.0. The minimum atomic E-state index is -4.55. The van der Waals surface area contributed by atoms with Gasteiger partial charge in [-0.1, -0.05) is 57.2 Å². The fourth-order valence-corrected chi connectivity index (χ4v) is 4.86. The highest BCUT2D eigenvalue weighted by molar-refractivity contribution is 5.93. The van der Waals surface area contributed by atoms with Gasteiger partial charge in [0.1, 0.15) is 24.4 Å². The van der Waals surface area contributed by atoms with E-state index in [1.54, 1.807) is 13.8 Å². The number of carbonyl (C=O) groups is 3. The summed E-state index contributed by atoms with van der Waals surface area (Å²) in [6, 6.07) is 8.94. The van der Waals surface area contributed by atoms with E-state index in [4.69, 9.17) is 16.2 Å². The Hall–Kier alpha value is -4.33. The maximum Gasteiger partial charge on any atom is 0.416 e. The number of ether oxygens (including phenoxy) is 1. The maximum absolute atomic E-state index is 13.6. The fourth-order valence-electron chi connectivity index (χ4n) is 4.86. The molecular formula is C31H42F3N7O4. The monoisotopic (exact) mass is 633 g/mol. The summed E-state index contributed by atoms with van der Waals surface area (Å²) in [5.74, 6) is -1.82. The first-order chi connectivity index (χ1) is 21.2. The maximum atomic E-state index is 13.6. The van der Waals surface area contributed by atoms with Crippen LogP contribution in [0.3, 0.4) is 0 Å². The molecule has 1 heterocycles. The van der Waals surface area contributed by atoms with Crippen LogP contribution >= 0.6 is 0 Å². The Morgan fingerprint density at radius 2 is 1.73 bits per heavy atom. The molecule has 0 aromatic heterocycles. The predicted molar refractivity (Wildman–Crippen MR) is 164 cm³/mol. The molecule has 246 valence electrons. The molecule has 3 rings (SSSR count). The van der Waals surface area contributed by atoms with Crippen LogP contribution in [-0.4, -0.2) is 68.0 Å². The number of guanidine groups is 1. The van der Waals surface area contributed by atoms with Crippen molar-refractivity contribution in [2.24, 2.45) is 28.3 Å². The van der Waals surface area contributed by atoms with Crippen LogP contribution in [0.5, 0.6) is 5.75 Å². The van der Waals surface area contributed by atoms with Crippen LogP contribution < -0.4 is 37.5 Å². The summed E-state index contributed by atoms with van der Waals surface area (Å²) in [5, 5.41) is 11.3. The number of rotatable bonds is 5. The number of carbonyl (C=O) groups excluding carboxylic acids is 3. The molecule has 0 spiro atoms. The number of para-hydroxylation sites is 1. The molecule has 0 radical (unpaired) electrons. The zero-order chi connectivity index (χ0) is 33.1. The van der Waals surface area contributed by atoms with Gasteiger partial charge in [-0.25, -0.2) is 0 Å². The van der Waals surface area contributed by atoms with Gasteiger partial charge < -0.3 is 37.5 Å². The molecule has 45 heavy (non-hydrogen) atoms. The standard InChI is InChI=1S/C31H42F3N7O4/c1-18(2)26-29(44)40-24(17-39-30(35)36)27(42)38-16-19(3)13-21-8-4-5-10-25(21)45-12-11-37-23(28(43)41-26)15-20-7-6-9-22(14-20)31(32,33)34/h4-10,14,18-19,23-24,26,37H,11-13,15-17H2,1-3H3,(H,38,42)(H,40,44)(H,41,43)(H4,35,36,39)/t19-,23-,24+,26-/m1/s1. The van der Waals surface area contributed by atoms with Crippen LogP contribution in [0, 0.1) is 11.8 Å². The smallest absolute Gasteiger partial charge is 0.416 e. The lowest BCUT2D eigenvalue weighted by Crippen LogP contribution is -2.59. The van der Waals surface area contributed by atoms with Crippen LogP contribution in [0.1, 0.15) is 37.5 Å². The number of nitrogens with two attached hydrogens (primary N) is 2. The van der Waals surface area contributed by atoms with E-state index in [9.17, 15) is 27.6 Å². The molecule has 3 amide bonds. The zero-order valence-corrected chi connectivity index (χ0v) is 25.6. The summed E-state index contributed by atoms with van der Waals surface area (Å²) in [5.41, 5.74) is 11.3. The molecule has 0 unspecified atom stereocenters. The van der Waals surface area contributed by atoms with Gasteiger partial charge in [0.15, 0.2) is 5.96 Å². The Labute approximate surface area is 260 Å². The normalized spacial score (nSPS) is 22.5. The first kappa shape index (κ1) is 35.2. The van der Waals surface area contributed by atoms with Crippen LogP contribution in [0.15, 0.2) is 53.5 Å². The highest BCUT2D eigenvalue weighted by Gasteiger charge is 2.33. The third-order valence-corrected chi connectivity index (χ3v) is 7.26. The lowest BCUT2D eigenvalue weighted by Gasteiger charge is -2.27. The van der Waals surface area contributed by atoms with Gasteiger partial charge in [-0.05, 0) is 47.9 Å². The van der Waals surface area contributed by atoms with Crippen LogP contribution in [-0.2, 0) is 33.4 Å². The van der Waals surface area contributed by atoms with Gasteiger partial charge >= 0.3 is 6.18 Å². The number of benzene rings is 2. The predicted octanol–water partition coefficient (Wildman–Crippen LogP) is 1.49.